The summed E-state index contributed by atoms with van der Waals surface area (Å²) in [4.78, 5) is 30.6. The standard InChI is InChI=1S/C16H17N7O2S/c1-10-8-14(24)19-16(18-10)26-11(2)15(25)17-9-13-20-21-22-23(13)12-6-4-3-5-7-12/h3-8,11H,9H2,1-2H3,(H,17,25)(H,18,19,24). The molecule has 3 aromatic rings. The normalized spacial score (nSPS) is 11.9. The first kappa shape index (κ1) is 17.8. The number of H-pyrrole nitrogens is 1. The van der Waals surface area contributed by atoms with Crippen molar-refractivity contribution >= 4 is 17.7 Å². The van der Waals surface area contributed by atoms with Crippen molar-refractivity contribution in [2.45, 2.75) is 30.8 Å². The molecule has 0 spiro atoms. The number of aromatic amines is 1. The zero-order valence-corrected chi connectivity index (χ0v) is 15.0. The summed E-state index contributed by atoms with van der Waals surface area (Å²) >= 11 is 1.18. The van der Waals surface area contributed by atoms with Crippen molar-refractivity contribution in [1.82, 2.24) is 35.5 Å². The van der Waals surface area contributed by atoms with Gasteiger partial charge in [0.1, 0.15) is 0 Å². The molecule has 0 fully saturated rings. The van der Waals surface area contributed by atoms with Crippen LogP contribution in [0.3, 0.4) is 0 Å². The number of hydrogen-bond acceptors (Lipinski definition) is 7. The van der Waals surface area contributed by atoms with E-state index in [0.717, 1.165) is 5.69 Å². The van der Waals surface area contributed by atoms with E-state index in [1.807, 2.05) is 30.3 Å². The molecule has 134 valence electrons. The molecule has 1 aromatic carbocycles. The van der Waals surface area contributed by atoms with Crippen molar-refractivity contribution in [3.05, 3.63) is 58.3 Å². The Bertz CT molecular complexity index is 954. The molecule has 0 saturated carbocycles. The van der Waals surface area contributed by atoms with Gasteiger partial charge >= 0.3 is 0 Å². The third-order valence-electron chi connectivity index (χ3n) is 3.46. The van der Waals surface area contributed by atoms with Gasteiger partial charge < -0.3 is 10.3 Å². The van der Waals surface area contributed by atoms with Crippen LogP contribution in [0.4, 0.5) is 0 Å². The minimum atomic E-state index is -0.444. The summed E-state index contributed by atoms with van der Waals surface area (Å²) in [5.74, 6) is 0.311. The largest absolute Gasteiger partial charge is 0.348 e. The number of tetrazole rings is 1. The van der Waals surface area contributed by atoms with Crippen LogP contribution in [0.25, 0.3) is 5.69 Å². The molecule has 1 atom stereocenters. The van der Waals surface area contributed by atoms with Gasteiger partial charge in [-0.3, -0.25) is 9.59 Å². The number of benzene rings is 1. The van der Waals surface area contributed by atoms with Gasteiger partial charge in [-0.1, -0.05) is 30.0 Å². The summed E-state index contributed by atoms with van der Waals surface area (Å²) in [6.07, 6.45) is 0. The number of para-hydroxylation sites is 1. The molecule has 0 aliphatic rings. The van der Waals surface area contributed by atoms with Crippen molar-refractivity contribution < 1.29 is 4.79 Å². The minimum Gasteiger partial charge on any atom is -0.348 e. The maximum atomic E-state index is 12.3. The third-order valence-corrected chi connectivity index (χ3v) is 4.45. The Hall–Kier alpha value is -3.01. The summed E-state index contributed by atoms with van der Waals surface area (Å²) in [6, 6.07) is 10.8. The number of rotatable bonds is 6. The number of amides is 1. The van der Waals surface area contributed by atoms with Crippen molar-refractivity contribution in [3.8, 4) is 5.69 Å². The third kappa shape index (κ3) is 4.33. The molecule has 0 saturated heterocycles. The Labute approximate surface area is 153 Å². The van der Waals surface area contributed by atoms with Gasteiger partial charge in [0, 0.05) is 11.8 Å². The van der Waals surface area contributed by atoms with Gasteiger partial charge in [-0.05, 0) is 36.4 Å². The molecule has 3 rings (SSSR count). The van der Waals surface area contributed by atoms with Crippen molar-refractivity contribution in [3.63, 3.8) is 0 Å². The number of nitrogens with one attached hydrogen (secondary N) is 2. The average molecular weight is 371 g/mol. The van der Waals surface area contributed by atoms with Gasteiger partial charge in [0.05, 0.1) is 17.5 Å². The van der Waals surface area contributed by atoms with Crippen LogP contribution in [0.15, 0.2) is 46.3 Å². The molecule has 0 radical (unpaired) electrons. The number of carbonyl (C=O) groups is 1. The Balaban J connectivity index is 1.62. The van der Waals surface area contributed by atoms with E-state index in [-0.39, 0.29) is 18.0 Å². The Kier molecular flexibility index (Phi) is 5.42. The van der Waals surface area contributed by atoms with E-state index in [9.17, 15) is 9.59 Å². The molecular formula is C16H17N7O2S. The summed E-state index contributed by atoms with van der Waals surface area (Å²) in [6.45, 7) is 3.65. The lowest BCUT2D eigenvalue weighted by molar-refractivity contribution is -0.120. The summed E-state index contributed by atoms with van der Waals surface area (Å²) in [5.41, 5.74) is 1.17. The van der Waals surface area contributed by atoms with Crippen molar-refractivity contribution in [2.24, 2.45) is 0 Å². The monoisotopic (exact) mass is 371 g/mol. The Morgan fingerprint density at radius 3 is 2.85 bits per heavy atom. The maximum Gasteiger partial charge on any atom is 0.251 e. The van der Waals surface area contributed by atoms with Crippen molar-refractivity contribution in [1.29, 1.82) is 0 Å². The zero-order valence-electron chi connectivity index (χ0n) is 14.2. The van der Waals surface area contributed by atoms with E-state index >= 15 is 0 Å². The molecule has 2 heterocycles. The summed E-state index contributed by atoms with van der Waals surface area (Å²) < 4.78 is 1.57. The van der Waals surface area contributed by atoms with Crippen LogP contribution in [0.2, 0.25) is 0 Å². The lowest BCUT2D eigenvalue weighted by Gasteiger charge is -2.11. The number of carbonyl (C=O) groups excluding carboxylic acids is 1. The van der Waals surface area contributed by atoms with Gasteiger partial charge in [-0.25, -0.2) is 4.98 Å². The van der Waals surface area contributed by atoms with Crippen LogP contribution in [-0.2, 0) is 11.3 Å². The smallest absolute Gasteiger partial charge is 0.251 e. The number of aryl methyl sites for hydroxylation is 1. The minimum absolute atomic E-state index is 0.184. The van der Waals surface area contributed by atoms with Crippen LogP contribution < -0.4 is 10.9 Å². The molecular weight excluding hydrogens is 354 g/mol. The Morgan fingerprint density at radius 2 is 2.12 bits per heavy atom. The van der Waals surface area contributed by atoms with Gasteiger partial charge in [-0.15, -0.1) is 5.10 Å². The van der Waals surface area contributed by atoms with Crippen LogP contribution in [0.5, 0.6) is 0 Å². The van der Waals surface area contributed by atoms with Crippen LogP contribution in [0.1, 0.15) is 18.4 Å². The first-order valence-corrected chi connectivity index (χ1v) is 8.76. The van der Waals surface area contributed by atoms with Crippen LogP contribution >= 0.6 is 11.8 Å². The van der Waals surface area contributed by atoms with E-state index in [1.165, 1.54) is 17.8 Å². The predicted molar refractivity (Wildman–Crippen MR) is 95.9 cm³/mol. The second-order valence-electron chi connectivity index (χ2n) is 5.51. The summed E-state index contributed by atoms with van der Waals surface area (Å²) in [7, 11) is 0. The Morgan fingerprint density at radius 1 is 1.35 bits per heavy atom. The second kappa shape index (κ2) is 7.91. The average Bonchev–Trinajstić information content (AvgIpc) is 3.08. The molecule has 0 aliphatic heterocycles. The van der Waals surface area contributed by atoms with Gasteiger partial charge in [0.2, 0.25) is 5.91 Å². The molecule has 2 N–H and O–H groups in total. The van der Waals surface area contributed by atoms with Gasteiger partial charge in [0.25, 0.3) is 5.56 Å². The van der Waals surface area contributed by atoms with Crippen molar-refractivity contribution in [2.75, 3.05) is 0 Å². The highest BCUT2D eigenvalue weighted by Gasteiger charge is 2.17. The fraction of sp³-hybridized carbons (Fsp3) is 0.250. The predicted octanol–water partition coefficient (Wildman–Crippen LogP) is 0.851. The highest BCUT2D eigenvalue weighted by molar-refractivity contribution is 8.00. The number of thioether (sulfide) groups is 1. The molecule has 1 unspecified atom stereocenters. The van der Waals surface area contributed by atoms with E-state index in [1.54, 1.807) is 18.5 Å². The molecule has 26 heavy (non-hydrogen) atoms. The van der Waals surface area contributed by atoms with E-state index in [0.29, 0.717) is 16.7 Å². The molecule has 1 amide bonds. The highest BCUT2D eigenvalue weighted by atomic mass is 32.2. The van der Waals surface area contributed by atoms with E-state index < -0.39 is 5.25 Å². The SMILES string of the molecule is Cc1cc(=O)[nH]c(SC(C)C(=O)NCc2nnnn2-c2ccccc2)n1. The molecule has 0 bridgehead atoms. The van der Waals surface area contributed by atoms with E-state index in [2.05, 4.69) is 30.8 Å². The lowest BCUT2D eigenvalue weighted by Crippen LogP contribution is -2.31. The fourth-order valence-electron chi connectivity index (χ4n) is 2.22. The maximum absolute atomic E-state index is 12.3. The topological polar surface area (TPSA) is 118 Å². The summed E-state index contributed by atoms with van der Waals surface area (Å²) in [5, 5.41) is 14.3. The lowest BCUT2D eigenvalue weighted by atomic mass is 10.3. The number of hydrogen-bond donors (Lipinski definition) is 2. The number of aromatic nitrogens is 6. The molecule has 0 aliphatic carbocycles. The molecule has 10 heteroatoms. The first-order chi connectivity index (χ1) is 12.5. The van der Waals surface area contributed by atoms with Crippen LogP contribution in [0, 0.1) is 6.92 Å². The number of nitrogens with zero attached hydrogens (tertiary/aromatic N) is 5. The second-order valence-corrected chi connectivity index (χ2v) is 6.84. The van der Waals surface area contributed by atoms with Gasteiger partial charge in [-0.2, -0.15) is 4.68 Å². The fourth-order valence-corrected chi connectivity index (χ4v) is 3.11. The quantitative estimate of drug-likeness (QED) is 0.487. The highest BCUT2D eigenvalue weighted by Crippen LogP contribution is 2.18. The first-order valence-electron chi connectivity index (χ1n) is 7.88. The zero-order chi connectivity index (χ0) is 18.5. The van der Waals surface area contributed by atoms with Gasteiger partial charge in [0.15, 0.2) is 11.0 Å². The van der Waals surface area contributed by atoms with E-state index in [4.69, 9.17) is 0 Å². The van der Waals surface area contributed by atoms with Crippen LogP contribution in [-0.4, -0.2) is 41.3 Å². The molecule has 9 nitrogen and oxygen atoms in total. The molecule has 2 aromatic heterocycles.